The highest BCUT2D eigenvalue weighted by Crippen LogP contribution is 2.42. The highest BCUT2D eigenvalue weighted by atomic mass is 32.1. The minimum absolute atomic E-state index is 0.922. The van der Waals surface area contributed by atoms with Gasteiger partial charge in [0.05, 0.1) is 0 Å². The number of rotatable bonds is 5. The fourth-order valence-electron chi connectivity index (χ4n) is 7.41. The number of benzene rings is 8. The molecule has 0 radical (unpaired) electrons. The van der Waals surface area contributed by atoms with Crippen LogP contribution in [0.5, 0.6) is 0 Å². The molecule has 2 nitrogen and oxygen atoms in total. The van der Waals surface area contributed by atoms with Gasteiger partial charge in [0.1, 0.15) is 11.2 Å². The van der Waals surface area contributed by atoms with Crippen molar-refractivity contribution < 1.29 is 4.42 Å². The van der Waals surface area contributed by atoms with E-state index in [1.165, 1.54) is 58.6 Å². The van der Waals surface area contributed by atoms with Crippen molar-refractivity contribution in [2.24, 2.45) is 0 Å². The van der Waals surface area contributed by atoms with Crippen LogP contribution in [0.25, 0.3) is 75.1 Å². The molecule has 230 valence electrons. The van der Waals surface area contributed by atoms with Crippen LogP contribution < -0.4 is 4.90 Å². The van der Waals surface area contributed by atoms with E-state index < -0.39 is 0 Å². The Morgan fingerprint density at radius 1 is 0.367 bits per heavy atom. The Balaban J connectivity index is 1.04. The average molecular weight is 644 g/mol. The molecule has 0 saturated heterocycles. The molecule has 0 aliphatic carbocycles. The van der Waals surface area contributed by atoms with Gasteiger partial charge in [-0.1, -0.05) is 121 Å². The Labute approximate surface area is 287 Å². The van der Waals surface area contributed by atoms with Crippen LogP contribution in [0.2, 0.25) is 0 Å². The van der Waals surface area contributed by atoms with Gasteiger partial charge in [-0.15, -0.1) is 11.3 Å². The van der Waals surface area contributed by atoms with E-state index in [0.29, 0.717) is 0 Å². The smallest absolute Gasteiger partial charge is 0.136 e. The molecule has 10 aromatic rings. The number of hydrogen-bond donors (Lipinski definition) is 0. The van der Waals surface area contributed by atoms with Crippen LogP contribution in [-0.4, -0.2) is 0 Å². The van der Waals surface area contributed by atoms with E-state index in [4.69, 9.17) is 4.42 Å². The third-order valence-electron chi connectivity index (χ3n) is 9.69. The first-order valence-electron chi connectivity index (χ1n) is 16.6. The van der Waals surface area contributed by atoms with Gasteiger partial charge < -0.3 is 9.32 Å². The molecule has 0 saturated carbocycles. The van der Waals surface area contributed by atoms with Crippen LogP contribution in [-0.2, 0) is 0 Å². The van der Waals surface area contributed by atoms with Gasteiger partial charge in [0.2, 0.25) is 0 Å². The number of para-hydroxylation sites is 2. The van der Waals surface area contributed by atoms with Crippen LogP contribution in [0, 0.1) is 0 Å². The van der Waals surface area contributed by atoms with Gasteiger partial charge >= 0.3 is 0 Å². The normalized spacial score (nSPS) is 11.7. The Bertz CT molecular complexity index is 2810. The first-order valence-corrected chi connectivity index (χ1v) is 17.4. The standard InChI is InChI=1S/C46H29NOS/c1-2-10-32(11-3-1)47(34-26-22-31(23-27-34)36-15-9-17-40-38-12-5-7-19-44(38)49-46(36)40)33-24-20-30(21-25-33)35-14-8-16-39-37(35)28-29-43-45(39)41-13-4-6-18-42(41)48-43/h1-29H. The summed E-state index contributed by atoms with van der Waals surface area (Å²) in [6, 6.07) is 63.1. The molecular weight excluding hydrogens is 615 g/mol. The van der Waals surface area contributed by atoms with Gasteiger partial charge in [0, 0.05) is 48.0 Å². The molecule has 0 amide bonds. The summed E-state index contributed by atoms with van der Waals surface area (Å²) in [6.07, 6.45) is 0. The molecule has 0 N–H and O–H groups in total. The summed E-state index contributed by atoms with van der Waals surface area (Å²) in [4.78, 5) is 2.33. The van der Waals surface area contributed by atoms with Gasteiger partial charge in [-0.2, -0.15) is 0 Å². The highest BCUT2D eigenvalue weighted by molar-refractivity contribution is 7.26. The lowest BCUT2D eigenvalue weighted by Crippen LogP contribution is -2.09. The molecule has 0 spiro atoms. The lowest BCUT2D eigenvalue weighted by atomic mass is 9.95. The van der Waals surface area contributed by atoms with E-state index in [0.717, 1.165) is 33.6 Å². The van der Waals surface area contributed by atoms with Gasteiger partial charge in [-0.3, -0.25) is 0 Å². The van der Waals surface area contributed by atoms with Crippen LogP contribution >= 0.6 is 11.3 Å². The summed E-state index contributed by atoms with van der Waals surface area (Å²) in [7, 11) is 0. The zero-order valence-electron chi connectivity index (χ0n) is 26.5. The second kappa shape index (κ2) is 11.2. The fraction of sp³-hybridized carbons (Fsp3) is 0. The van der Waals surface area contributed by atoms with Crippen molar-refractivity contribution in [3.63, 3.8) is 0 Å². The SMILES string of the molecule is c1ccc(N(c2ccc(-c3cccc4c3ccc3oc5ccccc5c34)cc2)c2ccc(-c3cccc4c3sc3ccccc34)cc2)cc1. The van der Waals surface area contributed by atoms with Gasteiger partial charge in [-0.25, -0.2) is 0 Å². The highest BCUT2D eigenvalue weighted by Gasteiger charge is 2.16. The van der Waals surface area contributed by atoms with E-state index in [1.807, 2.05) is 23.5 Å². The number of furan rings is 1. The van der Waals surface area contributed by atoms with E-state index in [2.05, 4.69) is 169 Å². The number of anilines is 3. The molecule has 10 rings (SSSR count). The summed E-state index contributed by atoms with van der Waals surface area (Å²) in [5, 5.41) is 7.41. The van der Waals surface area contributed by atoms with Crippen LogP contribution in [0.3, 0.4) is 0 Å². The summed E-state index contributed by atoms with van der Waals surface area (Å²) >= 11 is 1.87. The monoisotopic (exact) mass is 643 g/mol. The molecule has 0 atom stereocenters. The van der Waals surface area contributed by atoms with Crippen LogP contribution in [0.1, 0.15) is 0 Å². The molecular formula is C46H29NOS. The fourth-order valence-corrected chi connectivity index (χ4v) is 8.65. The summed E-state index contributed by atoms with van der Waals surface area (Å²) in [6.45, 7) is 0. The lowest BCUT2D eigenvalue weighted by molar-refractivity contribution is 0.669. The van der Waals surface area contributed by atoms with E-state index in [-0.39, 0.29) is 0 Å². The molecule has 2 aromatic heterocycles. The second-order valence-electron chi connectivity index (χ2n) is 12.5. The first-order chi connectivity index (χ1) is 24.3. The minimum Gasteiger partial charge on any atom is -0.456 e. The summed E-state index contributed by atoms with van der Waals surface area (Å²) in [5.74, 6) is 0. The van der Waals surface area contributed by atoms with E-state index >= 15 is 0 Å². The van der Waals surface area contributed by atoms with Crippen molar-refractivity contribution in [1.29, 1.82) is 0 Å². The van der Waals surface area contributed by atoms with E-state index in [9.17, 15) is 0 Å². The number of fused-ring (bicyclic) bond motifs is 8. The second-order valence-corrected chi connectivity index (χ2v) is 13.5. The summed E-state index contributed by atoms with van der Waals surface area (Å²) < 4.78 is 8.85. The van der Waals surface area contributed by atoms with Gasteiger partial charge in [0.15, 0.2) is 0 Å². The number of nitrogens with zero attached hydrogens (tertiary/aromatic N) is 1. The third kappa shape index (κ3) is 4.55. The van der Waals surface area contributed by atoms with Crippen LogP contribution in [0.15, 0.2) is 180 Å². The van der Waals surface area contributed by atoms with Crippen LogP contribution in [0.4, 0.5) is 17.1 Å². The van der Waals surface area contributed by atoms with Crippen molar-refractivity contribution in [1.82, 2.24) is 0 Å². The maximum Gasteiger partial charge on any atom is 0.136 e. The summed E-state index contributed by atoms with van der Waals surface area (Å²) in [5.41, 5.74) is 10.1. The molecule has 49 heavy (non-hydrogen) atoms. The van der Waals surface area contributed by atoms with Crippen molar-refractivity contribution in [2.75, 3.05) is 4.90 Å². The maximum absolute atomic E-state index is 6.19. The Morgan fingerprint density at radius 3 is 1.73 bits per heavy atom. The predicted molar refractivity (Wildman–Crippen MR) is 210 cm³/mol. The van der Waals surface area contributed by atoms with Crippen molar-refractivity contribution in [2.45, 2.75) is 0 Å². The Morgan fingerprint density at radius 2 is 0.959 bits per heavy atom. The number of hydrogen-bond acceptors (Lipinski definition) is 3. The van der Waals surface area contributed by atoms with Gasteiger partial charge in [-0.05, 0) is 87.6 Å². The number of thiophene rings is 1. The Kier molecular flexibility index (Phi) is 6.39. The topological polar surface area (TPSA) is 16.4 Å². The van der Waals surface area contributed by atoms with Crippen molar-refractivity contribution in [3.8, 4) is 22.3 Å². The third-order valence-corrected chi connectivity index (χ3v) is 10.9. The first kappa shape index (κ1) is 27.9. The predicted octanol–water partition coefficient (Wildman–Crippen LogP) is 13.9. The zero-order valence-corrected chi connectivity index (χ0v) is 27.3. The molecule has 3 heteroatoms. The largest absolute Gasteiger partial charge is 0.456 e. The van der Waals surface area contributed by atoms with Gasteiger partial charge in [0.25, 0.3) is 0 Å². The zero-order chi connectivity index (χ0) is 32.3. The Hall–Kier alpha value is -6.16. The van der Waals surface area contributed by atoms with Crippen molar-refractivity contribution >= 4 is 81.3 Å². The molecule has 0 bridgehead atoms. The maximum atomic E-state index is 6.19. The molecule has 0 fully saturated rings. The quantitative estimate of drug-likeness (QED) is 0.186. The minimum atomic E-state index is 0.922. The molecule has 0 aliphatic rings. The lowest BCUT2D eigenvalue weighted by Gasteiger charge is -2.26. The van der Waals surface area contributed by atoms with Crippen molar-refractivity contribution in [3.05, 3.63) is 176 Å². The molecule has 0 aliphatic heterocycles. The molecule has 0 unspecified atom stereocenters. The molecule has 8 aromatic carbocycles. The average Bonchev–Trinajstić information content (AvgIpc) is 3.75. The van der Waals surface area contributed by atoms with E-state index in [1.54, 1.807) is 0 Å². The molecule has 2 heterocycles.